The minimum Gasteiger partial charge on any atom is -0.497 e. The zero-order valence-electron chi connectivity index (χ0n) is 16.4. The maximum absolute atomic E-state index is 12.2. The van der Waals surface area contributed by atoms with Crippen molar-refractivity contribution in [1.29, 1.82) is 0 Å². The van der Waals surface area contributed by atoms with E-state index in [0.29, 0.717) is 10.9 Å². The van der Waals surface area contributed by atoms with Crippen LogP contribution < -0.4 is 9.64 Å². The Labute approximate surface area is 180 Å². The van der Waals surface area contributed by atoms with Gasteiger partial charge in [0.1, 0.15) is 12.4 Å². The number of amidine groups is 1. The van der Waals surface area contributed by atoms with E-state index in [9.17, 15) is 13.2 Å². The summed E-state index contributed by atoms with van der Waals surface area (Å²) >= 11 is 1.27. The number of rotatable bonds is 6. The number of esters is 1. The molecule has 1 fully saturated rings. The molecule has 2 aromatic carbocycles. The second kappa shape index (κ2) is 8.69. The minimum absolute atomic E-state index is 0.0284. The first-order valence-corrected chi connectivity index (χ1v) is 12.3. The molecule has 0 unspecified atom stereocenters. The third-order valence-electron chi connectivity index (χ3n) is 5.00. The van der Waals surface area contributed by atoms with Crippen LogP contribution >= 0.6 is 11.8 Å². The van der Waals surface area contributed by atoms with Crippen LogP contribution in [-0.4, -0.2) is 56.0 Å². The molecule has 0 amide bonds. The Morgan fingerprint density at radius 3 is 2.73 bits per heavy atom. The molecular weight excluding hydrogens is 424 g/mol. The van der Waals surface area contributed by atoms with Gasteiger partial charge in [-0.05, 0) is 17.7 Å². The molecule has 0 aliphatic carbocycles. The van der Waals surface area contributed by atoms with E-state index < -0.39 is 9.84 Å². The number of fused-ring (bicyclic) bond motifs is 1. The van der Waals surface area contributed by atoms with Crippen LogP contribution in [0.2, 0.25) is 0 Å². The summed E-state index contributed by atoms with van der Waals surface area (Å²) < 4.78 is 34.9. The molecule has 2 aromatic rings. The number of aliphatic imine (C=N–C) groups is 1. The number of nitrogens with zero attached hydrogens (tertiary/aromatic N) is 2. The van der Waals surface area contributed by atoms with E-state index in [-0.39, 0.29) is 41.9 Å². The predicted octanol–water partition coefficient (Wildman–Crippen LogP) is 2.51. The maximum Gasteiger partial charge on any atom is 0.316 e. The first-order valence-electron chi connectivity index (χ1n) is 9.49. The lowest BCUT2D eigenvalue weighted by molar-refractivity contribution is -0.141. The Morgan fingerprint density at radius 1 is 1.17 bits per heavy atom. The number of hydrogen-bond acceptors (Lipinski definition) is 8. The third-order valence-corrected chi connectivity index (χ3v) is 7.64. The van der Waals surface area contributed by atoms with Gasteiger partial charge in [0.25, 0.3) is 0 Å². The van der Waals surface area contributed by atoms with Crippen LogP contribution in [0, 0.1) is 0 Å². The van der Waals surface area contributed by atoms with E-state index in [4.69, 9.17) is 9.47 Å². The fourth-order valence-electron chi connectivity index (χ4n) is 3.60. The number of anilines is 1. The van der Waals surface area contributed by atoms with Gasteiger partial charge in [-0.1, -0.05) is 48.2 Å². The van der Waals surface area contributed by atoms with Crippen molar-refractivity contribution < 1.29 is 22.7 Å². The Kier molecular flexibility index (Phi) is 6.01. The Morgan fingerprint density at radius 2 is 1.97 bits per heavy atom. The van der Waals surface area contributed by atoms with Crippen LogP contribution in [0.1, 0.15) is 5.56 Å². The summed E-state index contributed by atoms with van der Waals surface area (Å²) in [7, 11) is -1.56. The Bertz CT molecular complexity index is 1060. The van der Waals surface area contributed by atoms with Gasteiger partial charge < -0.3 is 14.4 Å². The summed E-state index contributed by atoms with van der Waals surface area (Å²) in [6.07, 6.45) is 0. The zero-order chi connectivity index (χ0) is 21.1. The van der Waals surface area contributed by atoms with Gasteiger partial charge in [0, 0.05) is 11.8 Å². The Hall–Kier alpha value is -2.52. The van der Waals surface area contributed by atoms with E-state index >= 15 is 0 Å². The molecule has 2 atom stereocenters. The number of benzene rings is 2. The molecule has 0 N–H and O–H groups in total. The van der Waals surface area contributed by atoms with Gasteiger partial charge in [-0.2, -0.15) is 0 Å². The predicted molar refractivity (Wildman–Crippen MR) is 118 cm³/mol. The van der Waals surface area contributed by atoms with Crippen molar-refractivity contribution in [3.05, 3.63) is 60.2 Å². The van der Waals surface area contributed by atoms with Crippen molar-refractivity contribution in [2.75, 3.05) is 29.3 Å². The Balaban J connectivity index is 1.46. The molecule has 158 valence electrons. The molecule has 2 heterocycles. The van der Waals surface area contributed by atoms with E-state index in [1.165, 1.54) is 11.8 Å². The van der Waals surface area contributed by atoms with Crippen LogP contribution in [0.4, 0.5) is 5.69 Å². The number of ether oxygens (including phenoxy) is 2. The van der Waals surface area contributed by atoms with Gasteiger partial charge >= 0.3 is 5.97 Å². The fraction of sp³-hybridized carbons (Fsp3) is 0.333. The number of carbonyl (C=O) groups is 1. The highest BCUT2D eigenvalue weighted by Crippen LogP contribution is 2.36. The molecule has 7 nitrogen and oxygen atoms in total. The molecule has 0 saturated carbocycles. The topological polar surface area (TPSA) is 85.3 Å². The molecule has 0 bridgehead atoms. The lowest BCUT2D eigenvalue weighted by Gasteiger charge is -2.26. The van der Waals surface area contributed by atoms with Crippen LogP contribution in [-0.2, 0) is 26.0 Å². The van der Waals surface area contributed by atoms with Gasteiger partial charge in [0.2, 0.25) is 0 Å². The second-order valence-electron chi connectivity index (χ2n) is 7.13. The number of sulfone groups is 1. The summed E-state index contributed by atoms with van der Waals surface area (Å²) in [5.41, 5.74) is 1.72. The van der Waals surface area contributed by atoms with E-state index in [2.05, 4.69) is 4.99 Å². The maximum atomic E-state index is 12.2. The molecule has 0 aromatic heterocycles. The molecular formula is C21H22N2O5S2. The zero-order valence-corrected chi connectivity index (χ0v) is 18.1. The van der Waals surface area contributed by atoms with Crippen molar-refractivity contribution in [2.45, 2.75) is 18.7 Å². The molecule has 9 heteroatoms. The van der Waals surface area contributed by atoms with Crippen molar-refractivity contribution in [3.8, 4) is 5.75 Å². The molecule has 2 aliphatic rings. The number of methoxy groups -OCH3 is 1. The van der Waals surface area contributed by atoms with Crippen LogP contribution in [0.5, 0.6) is 5.75 Å². The lowest BCUT2D eigenvalue weighted by atomic mass is 10.1. The van der Waals surface area contributed by atoms with Gasteiger partial charge in [-0.3, -0.25) is 9.79 Å². The average molecular weight is 447 g/mol. The normalized spacial score (nSPS) is 21.8. The van der Waals surface area contributed by atoms with E-state index in [0.717, 1.165) is 11.3 Å². The van der Waals surface area contributed by atoms with Crippen LogP contribution in [0.25, 0.3) is 0 Å². The van der Waals surface area contributed by atoms with E-state index in [1.54, 1.807) is 7.11 Å². The van der Waals surface area contributed by atoms with Gasteiger partial charge in [-0.15, -0.1) is 0 Å². The van der Waals surface area contributed by atoms with Gasteiger partial charge in [0.15, 0.2) is 15.0 Å². The molecule has 1 saturated heterocycles. The highest BCUT2D eigenvalue weighted by molar-refractivity contribution is 8.14. The smallest absolute Gasteiger partial charge is 0.316 e. The first kappa shape index (κ1) is 20.7. The summed E-state index contributed by atoms with van der Waals surface area (Å²) in [5, 5.41) is 0.629. The highest BCUT2D eigenvalue weighted by Gasteiger charge is 2.47. The lowest BCUT2D eigenvalue weighted by Crippen LogP contribution is -2.39. The highest BCUT2D eigenvalue weighted by atomic mass is 32.2. The first-order chi connectivity index (χ1) is 14.4. The van der Waals surface area contributed by atoms with Crippen molar-refractivity contribution in [2.24, 2.45) is 4.99 Å². The monoisotopic (exact) mass is 446 g/mol. The molecule has 0 radical (unpaired) electrons. The average Bonchev–Trinajstić information content (AvgIpc) is 3.22. The minimum atomic E-state index is -3.14. The quantitative estimate of drug-likeness (QED) is 0.630. The van der Waals surface area contributed by atoms with Gasteiger partial charge in [-0.25, -0.2) is 8.42 Å². The number of hydrogen-bond donors (Lipinski definition) is 0. The van der Waals surface area contributed by atoms with Crippen LogP contribution in [0.3, 0.4) is 0 Å². The third kappa shape index (κ3) is 4.62. The summed E-state index contributed by atoms with van der Waals surface area (Å²) in [6.45, 7) is 0.218. The SMILES string of the molecule is COc1cccc(N2C(SCC(=O)OCc3ccccc3)=N[C@H]3CS(=O)(=O)C[C@@H]32)c1. The van der Waals surface area contributed by atoms with Crippen molar-refractivity contribution in [3.63, 3.8) is 0 Å². The fourth-order valence-corrected chi connectivity index (χ4v) is 6.36. The van der Waals surface area contributed by atoms with Crippen LogP contribution in [0.15, 0.2) is 59.6 Å². The molecule has 0 spiro atoms. The number of thioether (sulfide) groups is 1. The summed E-state index contributed by atoms with van der Waals surface area (Å²) in [6, 6.07) is 16.3. The summed E-state index contributed by atoms with van der Waals surface area (Å²) in [4.78, 5) is 18.8. The van der Waals surface area contributed by atoms with E-state index in [1.807, 2.05) is 59.5 Å². The molecule has 4 rings (SSSR count). The molecule has 2 aliphatic heterocycles. The number of carbonyl (C=O) groups excluding carboxylic acids is 1. The summed E-state index contributed by atoms with van der Waals surface area (Å²) in [5.74, 6) is 0.491. The largest absolute Gasteiger partial charge is 0.497 e. The second-order valence-corrected chi connectivity index (χ2v) is 10.2. The van der Waals surface area contributed by atoms with Crippen molar-refractivity contribution >= 4 is 38.4 Å². The molecule has 30 heavy (non-hydrogen) atoms. The van der Waals surface area contributed by atoms with Crippen molar-refractivity contribution in [1.82, 2.24) is 0 Å². The standard InChI is InChI=1S/C21H22N2O5S2/c1-27-17-9-5-8-16(10-17)23-19-14-30(25,26)13-18(19)22-21(23)29-12-20(24)28-11-15-6-3-2-4-7-15/h2-10,18-19H,11-14H2,1H3/t18-,19-/m0/s1. The van der Waals surface area contributed by atoms with Gasteiger partial charge in [0.05, 0.1) is 36.5 Å².